The van der Waals surface area contributed by atoms with Crippen LogP contribution in [0.4, 0.5) is 18.9 Å². The summed E-state index contributed by atoms with van der Waals surface area (Å²) in [6.45, 7) is 2.26. The number of nitrogens with zero attached hydrogens (tertiary/aromatic N) is 1. The van der Waals surface area contributed by atoms with Crippen molar-refractivity contribution < 1.29 is 23.1 Å². The molecule has 1 aromatic carbocycles. The molecule has 0 unspecified atom stereocenters. The average molecular weight is 316 g/mol. The molecule has 4 nitrogen and oxygen atoms in total. The summed E-state index contributed by atoms with van der Waals surface area (Å²) in [5.41, 5.74) is -1.00. The van der Waals surface area contributed by atoms with Gasteiger partial charge >= 0.3 is 6.18 Å². The molecule has 2 N–H and O–H groups in total. The van der Waals surface area contributed by atoms with Crippen molar-refractivity contribution in [1.29, 1.82) is 0 Å². The molecule has 7 heteroatoms. The summed E-state index contributed by atoms with van der Waals surface area (Å²) in [7, 11) is 0. The van der Waals surface area contributed by atoms with Gasteiger partial charge in [-0.1, -0.05) is 12.1 Å². The second-order valence-electron chi connectivity index (χ2n) is 5.69. The lowest BCUT2D eigenvalue weighted by Crippen LogP contribution is -2.53. The number of carbonyl (C=O) groups is 1. The van der Waals surface area contributed by atoms with Crippen LogP contribution in [0.25, 0.3) is 0 Å². The summed E-state index contributed by atoms with van der Waals surface area (Å²) < 4.78 is 38.2. The molecule has 1 aliphatic heterocycles. The standard InChI is InChI=1S/C15H19F3N2O2/c1-11(21)19-13-4-2-3-12(9-13)10-20-7-5-14(22,6-8-20)15(16,17)18/h2-4,9,22H,5-8,10H2,1H3,(H,19,21). The van der Waals surface area contributed by atoms with Crippen molar-refractivity contribution in [3.8, 4) is 0 Å². The van der Waals surface area contributed by atoms with E-state index in [4.69, 9.17) is 0 Å². The zero-order chi connectivity index (χ0) is 16.4. The van der Waals surface area contributed by atoms with E-state index >= 15 is 0 Å². The van der Waals surface area contributed by atoms with Gasteiger partial charge in [-0.25, -0.2) is 0 Å². The minimum absolute atomic E-state index is 0.176. The molecular formula is C15H19F3N2O2. The van der Waals surface area contributed by atoms with Crippen LogP contribution in [0.5, 0.6) is 0 Å². The zero-order valence-electron chi connectivity index (χ0n) is 12.3. The maximum absolute atomic E-state index is 12.7. The van der Waals surface area contributed by atoms with Gasteiger partial charge in [-0.2, -0.15) is 13.2 Å². The van der Waals surface area contributed by atoms with Crippen LogP contribution in [0.15, 0.2) is 24.3 Å². The van der Waals surface area contributed by atoms with Gasteiger partial charge in [0.15, 0.2) is 5.60 Å². The molecule has 1 heterocycles. The molecule has 0 bridgehead atoms. The molecule has 1 amide bonds. The summed E-state index contributed by atoms with van der Waals surface area (Å²) in [6, 6.07) is 7.20. The minimum Gasteiger partial charge on any atom is -0.380 e. The normalized spacial score (nSPS) is 19.0. The first-order valence-corrected chi connectivity index (χ1v) is 7.08. The largest absolute Gasteiger partial charge is 0.417 e. The van der Waals surface area contributed by atoms with Crippen LogP contribution in [0.1, 0.15) is 25.3 Å². The number of hydrogen-bond donors (Lipinski definition) is 2. The van der Waals surface area contributed by atoms with Crippen molar-refractivity contribution in [2.75, 3.05) is 18.4 Å². The number of likely N-dealkylation sites (tertiary alicyclic amines) is 1. The number of rotatable bonds is 3. The molecule has 0 aliphatic carbocycles. The quantitative estimate of drug-likeness (QED) is 0.901. The monoisotopic (exact) mass is 316 g/mol. The molecule has 1 saturated heterocycles. The Morgan fingerprint density at radius 1 is 1.36 bits per heavy atom. The fourth-order valence-corrected chi connectivity index (χ4v) is 2.57. The van der Waals surface area contributed by atoms with Crippen LogP contribution in [0.3, 0.4) is 0 Å². The van der Waals surface area contributed by atoms with E-state index in [1.165, 1.54) is 6.92 Å². The molecule has 22 heavy (non-hydrogen) atoms. The summed E-state index contributed by atoms with van der Waals surface area (Å²) in [5, 5.41) is 12.3. The van der Waals surface area contributed by atoms with Gasteiger partial charge in [0.1, 0.15) is 0 Å². The fourth-order valence-electron chi connectivity index (χ4n) is 2.57. The van der Waals surface area contributed by atoms with Crippen LogP contribution in [0, 0.1) is 0 Å². The Labute approximate surface area is 126 Å². The Bertz CT molecular complexity index is 538. The van der Waals surface area contributed by atoms with Gasteiger partial charge in [0.05, 0.1) is 0 Å². The minimum atomic E-state index is -4.58. The predicted molar refractivity (Wildman–Crippen MR) is 76.3 cm³/mol. The lowest BCUT2D eigenvalue weighted by atomic mass is 9.90. The van der Waals surface area contributed by atoms with Crippen molar-refractivity contribution >= 4 is 11.6 Å². The van der Waals surface area contributed by atoms with Crippen LogP contribution >= 0.6 is 0 Å². The number of halogens is 3. The highest BCUT2D eigenvalue weighted by Crippen LogP contribution is 2.38. The second kappa shape index (κ2) is 6.26. The molecule has 1 aromatic rings. The number of nitrogens with one attached hydrogen (secondary N) is 1. The molecular weight excluding hydrogens is 297 g/mol. The van der Waals surface area contributed by atoms with Crippen molar-refractivity contribution in [1.82, 2.24) is 4.90 Å². The van der Waals surface area contributed by atoms with Crippen molar-refractivity contribution in [3.63, 3.8) is 0 Å². The van der Waals surface area contributed by atoms with Crippen molar-refractivity contribution in [2.24, 2.45) is 0 Å². The van der Waals surface area contributed by atoms with E-state index in [0.717, 1.165) is 5.56 Å². The van der Waals surface area contributed by atoms with E-state index in [2.05, 4.69) is 5.32 Å². The highest BCUT2D eigenvalue weighted by molar-refractivity contribution is 5.88. The smallest absolute Gasteiger partial charge is 0.380 e. The van der Waals surface area contributed by atoms with E-state index in [0.29, 0.717) is 12.2 Å². The van der Waals surface area contributed by atoms with Crippen LogP contribution in [0.2, 0.25) is 0 Å². The lowest BCUT2D eigenvalue weighted by molar-refractivity contribution is -0.272. The highest BCUT2D eigenvalue weighted by Gasteiger charge is 2.54. The number of alkyl halides is 3. The summed E-state index contributed by atoms with van der Waals surface area (Å²) in [4.78, 5) is 12.9. The highest BCUT2D eigenvalue weighted by atomic mass is 19.4. The summed E-state index contributed by atoms with van der Waals surface area (Å²) in [6.07, 6.45) is -5.21. The van der Waals surface area contributed by atoms with Gasteiger partial charge < -0.3 is 10.4 Å². The van der Waals surface area contributed by atoms with E-state index in [-0.39, 0.29) is 31.8 Å². The Hall–Kier alpha value is -1.60. The Morgan fingerprint density at radius 2 is 2.00 bits per heavy atom. The summed E-state index contributed by atoms with van der Waals surface area (Å²) in [5.74, 6) is -0.176. The van der Waals surface area contributed by atoms with Gasteiger partial charge in [-0.05, 0) is 30.5 Å². The van der Waals surface area contributed by atoms with Crippen molar-refractivity contribution in [2.45, 2.75) is 38.1 Å². The van der Waals surface area contributed by atoms with Gasteiger partial charge in [0, 0.05) is 32.2 Å². The van der Waals surface area contributed by atoms with Crippen LogP contribution < -0.4 is 5.32 Å². The molecule has 0 radical (unpaired) electrons. The molecule has 1 aliphatic rings. The van der Waals surface area contributed by atoms with Gasteiger partial charge in [-0.3, -0.25) is 9.69 Å². The third-order valence-corrected chi connectivity index (χ3v) is 3.86. The SMILES string of the molecule is CC(=O)Nc1cccc(CN2CCC(O)(C(F)(F)F)CC2)c1. The first-order valence-electron chi connectivity index (χ1n) is 7.08. The Morgan fingerprint density at radius 3 is 2.55 bits per heavy atom. The number of amides is 1. The molecule has 0 spiro atoms. The topological polar surface area (TPSA) is 52.6 Å². The number of piperidine rings is 1. The number of aliphatic hydroxyl groups is 1. The van der Waals surface area contributed by atoms with Crippen LogP contribution in [-0.4, -0.2) is 40.8 Å². The Kier molecular flexibility index (Phi) is 4.77. The number of hydrogen-bond acceptors (Lipinski definition) is 3. The first-order chi connectivity index (χ1) is 10.2. The summed E-state index contributed by atoms with van der Waals surface area (Å²) >= 11 is 0. The lowest BCUT2D eigenvalue weighted by Gasteiger charge is -2.39. The van der Waals surface area contributed by atoms with Gasteiger partial charge in [0.2, 0.25) is 5.91 Å². The Balaban J connectivity index is 1.95. The number of carbonyl (C=O) groups excluding carboxylic acids is 1. The third kappa shape index (κ3) is 3.98. The van der Waals surface area contributed by atoms with Crippen LogP contribution in [-0.2, 0) is 11.3 Å². The van der Waals surface area contributed by atoms with Crippen molar-refractivity contribution in [3.05, 3.63) is 29.8 Å². The molecule has 0 atom stereocenters. The number of anilines is 1. The predicted octanol–water partition coefficient (Wildman–Crippen LogP) is 2.53. The third-order valence-electron chi connectivity index (χ3n) is 3.86. The van der Waals surface area contributed by atoms with E-state index in [9.17, 15) is 23.1 Å². The van der Waals surface area contributed by atoms with Gasteiger partial charge in [0.25, 0.3) is 0 Å². The molecule has 2 rings (SSSR count). The fraction of sp³-hybridized carbons (Fsp3) is 0.533. The molecule has 122 valence electrons. The molecule has 1 fully saturated rings. The number of benzene rings is 1. The molecule has 0 aromatic heterocycles. The maximum atomic E-state index is 12.7. The van der Waals surface area contributed by atoms with E-state index in [1.54, 1.807) is 18.2 Å². The van der Waals surface area contributed by atoms with E-state index < -0.39 is 11.8 Å². The molecule has 0 saturated carbocycles. The van der Waals surface area contributed by atoms with Gasteiger partial charge in [-0.15, -0.1) is 0 Å². The zero-order valence-corrected chi connectivity index (χ0v) is 12.3. The maximum Gasteiger partial charge on any atom is 0.417 e. The average Bonchev–Trinajstić information content (AvgIpc) is 2.40. The second-order valence-corrected chi connectivity index (χ2v) is 5.69. The van der Waals surface area contributed by atoms with E-state index in [1.807, 2.05) is 11.0 Å². The first kappa shape index (κ1) is 16.8.